The highest BCUT2D eigenvalue weighted by molar-refractivity contribution is 8.76. The Kier molecular flexibility index (Phi) is 12.0. The molecule has 3 aliphatic heterocycles. The fourth-order valence-corrected chi connectivity index (χ4v) is 10.4. The van der Waals surface area contributed by atoms with Crippen molar-refractivity contribution in [1.29, 1.82) is 0 Å². The fourth-order valence-electron chi connectivity index (χ4n) is 7.96. The van der Waals surface area contributed by atoms with Gasteiger partial charge in [0.15, 0.2) is 5.78 Å². The van der Waals surface area contributed by atoms with Crippen molar-refractivity contribution in [3.8, 4) is 17.2 Å². The molecule has 3 saturated heterocycles. The largest absolute Gasteiger partial charge is 0.507 e. The number of ketones is 1. The van der Waals surface area contributed by atoms with E-state index in [0.29, 0.717) is 26.1 Å². The van der Waals surface area contributed by atoms with Gasteiger partial charge in [-0.3, -0.25) is 4.79 Å². The molecule has 13 nitrogen and oxygen atoms in total. The first-order chi connectivity index (χ1) is 23.3. The lowest BCUT2D eigenvalue weighted by Gasteiger charge is -2.51. The molecule has 7 N–H and O–H groups in total. The molecule has 3 heterocycles. The summed E-state index contributed by atoms with van der Waals surface area (Å²) < 4.78 is 24.4. The van der Waals surface area contributed by atoms with Gasteiger partial charge in [-0.2, -0.15) is 0 Å². The van der Waals surface area contributed by atoms with Crippen LogP contribution >= 0.6 is 21.6 Å². The summed E-state index contributed by atoms with van der Waals surface area (Å²) in [6.07, 6.45) is -3.22. The van der Waals surface area contributed by atoms with Gasteiger partial charge >= 0.3 is 5.97 Å². The van der Waals surface area contributed by atoms with E-state index in [1.165, 1.54) is 24.6 Å². The molecule has 2 aromatic carbocycles. The topological polar surface area (TPSA) is 213 Å². The quantitative estimate of drug-likeness (QED) is 0.118. The molecule has 1 spiro atoms. The van der Waals surface area contributed by atoms with Gasteiger partial charge in [-0.1, -0.05) is 28.5 Å². The Balaban J connectivity index is 1.49. The normalized spacial score (nSPS) is 32.7. The Morgan fingerprint density at radius 3 is 2.53 bits per heavy atom. The number of aromatic carboxylic acids is 1. The SMILES string of the molecule is CC(=O)c1c(C)c(O)c2cc(C(=O)O)cc(O[C@H]3O[C@H](CO)[C@@]4(CC[C@H](C)[C@H]5CCOC[C@]5(CCCO)CSSCO4)[C@H](O)[C@H]3O)c2c1O. The van der Waals surface area contributed by atoms with Crippen LogP contribution in [0.25, 0.3) is 10.8 Å². The minimum atomic E-state index is -1.77. The van der Waals surface area contributed by atoms with Gasteiger partial charge in [-0.25, -0.2) is 4.79 Å². The number of Topliss-reactive ketones (excluding diaryl/α,β-unsaturated/α-hetero) is 1. The number of rotatable bonds is 8. The van der Waals surface area contributed by atoms with Crippen LogP contribution in [0.1, 0.15) is 72.2 Å². The van der Waals surface area contributed by atoms with E-state index in [4.69, 9.17) is 18.9 Å². The number of aromatic hydroxyl groups is 2. The lowest BCUT2D eigenvalue weighted by atomic mass is 9.64. The van der Waals surface area contributed by atoms with E-state index in [9.17, 15) is 45.3 Å². The summed E-state index contributed by atoms with van der Waals surface area (Å²) in [4.78, 5) is 24.5. The lowest BCUT2D eigenvalue weighted by molar-refractivity contribution is -0.322. The predicted molar refractivity (Wildman–Crippen MR) is 182 cm³/mol. The molecule has 2 aromatic rings. The number of carboxylic acids is 1. The predicted octanol–water partition coefficient (Wildman–Crippen LogP) is 3.60. The summed E-state index contributed by atoms with van der Waals surface area (Å²) in [5, 5.41) is 75.2. The monoisotopic (exact) mass is 726 g/mol. The van der Waals surface area contributed by atoms with Crippen LogP contribution in [0, 0.1) is 24.2 Å². The number of fused-ring (bicyclic) bond motifs is 2. The van der Waals surface area contributed by atoms with E-state index in [0.717, 1.165) is 30.7 Å². The number of hydrogen-bond donors (Lipinski definition) is 7. The summed E-state index contributed by atoms with van der Waals surface area (Å²) >= 11 is 0. The van der Waals surface area contributed by atoms with E-state index in [1.54, 1.807) is 10.8 Å². The average molecular weight is 727 g/mol. The van der Waals surface area contributed by atoms with Crippen LogP contribution in [0.2, 0.25) is 0 Å². The second kappa shape index (κ2) is 15.5. The highest BCUT2D eigenvalue weighted by Crippen LogP contribution is 2.51. The van der Waals surface area contributed by atoms with Gasteiger partial charge in [0, 0.05) is 35.3 Å². The summed E-state index contributed by atoms with van der Waals surface area (Å²) in [7, 11) is 3.04. The molecule has 8 atom stereocenters. The molecular weight excluding hydrogens is 680 g/mol. The first kappa shape index (κ1) is 37.9. The molecule has 3 fully saturated rings. The number of phenolic OH excluding ortho intramolecular Hbond substituents is 2. The zero-order chi connectivity index (χ0) is 35.7. The molecule has 0 saturated carbocycles. The molecule has 15 heteroatoms. The van der Waals surface area contributed by atoms with Crippen LogP contribution in [0.5, 0.6) is 17.2 Å². The molecule has 0 radical (unpaired) electrons. The number of hydrogen-bond acceptors (Lipinski definition) is 14. The third kappa shape index (κ3) is 7.11. The third-order valence-corrected chi connectivity index (χ3v) is 12.8. The van der Waals surface area contributed by atoms with Gasteiger partial charge in [0.25, 0.3) is 0 Å². The molecular formula is C34H46O13S2. The number of aliphatic hydroxyl groups excluding tert-OH is 4. The fraction of sp³-hybridized carbons (Fsp3) is 0.647. The average Bonchev–Trinajstić information content (AvgIpc) is 3.10. The van der Waals surface area contributed by atoms with Crippen molar-refractivity contribution in [1.82, 2.24) is 0 Å². The van der Waals surface area contributed by atoms with Crippen molar-refractivity contribution in [2.24, 2.45) is 17.3 Å². The van der Waals surface area contributed by atoms with Crippen molar-refractivity contribution in [2.45, 2.75) is 83.1 Å². The Labute approximate surface area is 292 Å². The summed E-state index contributed by atoms with van der Waals surface area (Å²) in [5.74, 6) is -2.02. The van der Waals surface area contributed by atoms with Crippen LogP contribution in [-0.4, -0.2) is 116 Å². The first-order valence-corrected chi connectivity index (χ1v) is 18.9. The van der Waals surface area contributed by atoms with E-state index < -0.39 is 60.1 Å². The molecule has 0 aromatic heterocycles. The molecule has 3 aliphatic rings. The van der Waals surface area contributed by atoms with Gasteiger partial charge in [0.1, 0.15) is 47.1 Å². The Bertz CT molecular complexity index is 1530. The second-order valence-corrected chi connectivity index (χ2v) is 15.8. The van der Waals surface area contributed by atoms with Crippen LogP contribution in [0.4, 0.5) is 0 Å². The maximum absolute atomic E-state index is 12.4. The maximum Gasteiger partial charge on any atom is 0.335 e. The zero-order valence-corrected chi connectivity index (χ0v) is 29.4. The Morgan fingerprint density at radius 1 is 1.10 bits per heavy atom. The number of aliphatic hydroxyl groups is 4. The number of phenols is 2. The molecule has 0 aliphatic carbocycles. The molecule has 0 unspecified atom stereocenters. The number of ether oxygens (including phenoxy) is 4. The molecule has 272 valence electrons. The van der Waals surface area contributed by atoms with Crippen LogP contribution in [0.15, 0.2) is 12.1 Å². The standard InChI is InChI=1S/C34H46O13S2/c1-17-5-8-34(45-16-49-48-15-33(7-4-9-35)14-44-10-6-22(17)33)24(13-36)47-32(29(40)30(34)41)46-23-12-20(31(42)43)11-21-26(23)28(39)25(19(3)37)18(2)27(21)38/h11-12,17,22,24,29-30,32,35-36,38-41H,4-10,13-16H2,1-3H3,(H,42,43)/t17-,22+,24+,29+,30+,32-,33+,34-/m0/s1. The second-order valence-electron chi connectivity index (χ2n) is 13.4. The number of benzene rings is 2. The van der Waals surface area contributed by atoms with Gasteiger partial charge < -0.3 is 54.7 Å². The van der Waals surface area contributed by atoms with E-state index in [-0.39, 0.29) is 69.4 Å². The maximum atomic E-state index is 12.4. The molecule has 0 amide bonds. The smallest absolute Gasteiger partial charge is 0.335 e. The number of carboxylic acid groups (broad SMARTS) is 1. The van der Waals surface area contributed by atoms with Crippen molar-refractivity contribution >= 4 is 44.1 Å². The van der Waals surface area contributed by atoms with Gasteiger partial charge in [-0.05, 0) is 69.9 Å². The minimum absolute atomic E-state index is 0.0400. The number of carbonyl (C=O) groups excluding carboxylic acids is 1. The van der Waals surface area contributed by atoms with E-state index in [1.807, 2.05) is 0 Å². The van der Waals surface area contributed by atoms with Gasteiger partial charge in [-0.15, -0.1) is 0 Å². The van der Waals surface area contributed by atoms with Crippen molar-refractivity contribution in [3.63, 3.8) is 0 Å². The lowest BCUT2D eigenvalue weighted by Crippen LogP contribution is -2.69. The summed E-state index contributed by atoms with van der Waals surface area (Å²) in [5.41, 5.74) is -2.19. The Hall–Kier alpha value is -2.34. The highest BCUT2D eigenvalue weighted by Gasteiger charge is 2.58. The van der Waals surface area contributed by atoms with Crippen LogP contribution in [0.3, 0.4) is 0 Å². The first-order valence-electron chi connectivity index (χ1n) is 16.4. The minimum Gasteiger partial charge on any atom is -0.507 e. The van der Waals surface area contributed by atoms with E-state index in [2.05, 4.69) is 6.92 Å². The van der Waals surface area contributed by atoms with Gasteiger partial charge in [0.2, 0.25) is 6.29 Å². The Morgan fingerprint density at radius 2 is 1.86 bits per heavy atom. The highest BCUT2D eigenvalue weighted by atomic mass is 33.1. The zero-order valence-electron chi connectivity index (χ0n) is 27.8. The van der Waals surface area contributed by atoms with Crippen molar-refractivity contribution in [3.05, 3.63) is 28.8 Å². The summed E-state index contributed by atoms with van der Waals surface area (Å²) in [6, 6.07) is 2.18. The van der Waals surface area contributed by atoms with Crippen LogP contribution in [-0.2, 0) is 14.2 Å². The third-order valence-electron chi connectivity index (χ3n) is 10.6. The molecule has 49 heavy (non-hydrogen) atoms. The van der Waals surface area contributed by atoms with Gasteiger partial charge in [0.05, 0.1) is 29.7 Å². The molecule has 5 rings (SSSR count). The summed E-state index contributed by atoms with van der Waals surface area (Å²) in [6.45, 7) is 5.42. The number of carbonyl (C=O) groups is 2. The van der Waals surface area contributed by atoms with Crippen molar-refractivity contribution < 1.29 is 64.3 Å². The van der Waals surface area contributed by atoms with Crippen molar-refractivity contribution in [2.75, 3.05) is 38.1 Å². The molecule has 0 bridgehead atoms. The van der Waals surface area contributed by atoms with Crippen LogP contribution < -0.4 is 4.74 Å². The van der Waals surface area contributed by atoms with E-state index >= 15 is 0 Å².